The van der Waals surface area contributed by atoms with Crippen molar-refractivity contribution < 1.29 is 9.15 Å². The Morgan fingerprint density at radius 1 is 1.06 bits per heavy atom. The van der Waals surface area contributed by atoms with Gasteiger partial charge in [0.15, 0.2) is 0 Å². The predicted octanol–water partition coefficient (Wildman–Crippen LogP) is 6.69. The molecule has 4 rings (SSSR count). The SMILES string of the molecule is Cc1c(CSCc2ccc(Cl)cc2)oc2cccc(OCCCc3ncccc3CN)c12. The first-order chi connectivity index (χ1) is 15.7. The molecule has 0 aliphatic carbocycles. The summed E-state index contributed by atoms with van der Waals surface area (Å²) in [7, 11) is 0. The third-order valence-corrected chi connectivity index (χ3v) is 6.71. The van der Waals surface area contributed by atoms with Crippen LogP contribution in [0.2, 0.25) is 5.02 Å². The lowest BCUT2D eigenvalue weighted by molar-refractivity contribution is 0.314. The summed E-state index contributed by atoms with van der Waals surface area (Å²) in [6.45, 7) is 3.24. The van der Waals surface area contributed by atoms with Crippen molar-refractivity contribution in [1.82, 2.24) is 4.98 Å². The first-order valence-electron chi connectivity index (χ1n) is 10.7. The Bertz CT molecular complexity index is 1170. The molecule has 0 saturated heterocycles. The van der Waals surface area contributed by atoms with Gasteiger partial charge in [-0.3, -0.25) is 4.98 Å². The van der Waals surface area contributed by atoms with Crippen molar-refractivity contribution in [2.24, 2.45) is 5.73 Å². The second-order valence-electron chi connectivity index (χ2n) is 7.66. The molecular weight excluding hydrogens is 440 g/mol. The van der Waals surface area contributed by atoms with Crippen LogP contribution in [-0.2, 0) is 24.5 Å². The first-order valence-corrected chi connectivity index (χ1v) is 12.3. The van der Waals surface area contributed by atoms with Gasteiger partial charge in [-0.15, -0.1) is 11.8 Å². The van der Waals surface area contributed by atoms with E-state index >= 15 is 0 Å². The van der Waals surface area contributed by atoms with E-state index in [0.717, 1.165) is 68.7 Å². The lowest BCUT2D eigenvalue weighted by Gasteiger charge is -2.09. The number of hydrogen-bond acceptors (Lipinski definition) is 5. The van der Waals surface area contributed by atoms with E-state index in [4.69, 9.17) is 26.5 Å². The number of aromatic nitrogens is 1. The molecule has 0 amide bonds. The van der Waals surface area contributed by atoms with Gasteiger partial charge < -0.3 is 14.9 Å². The Morgan fingerprint density at radius 3 is 2.72 bits per heavy atom. The van der Waals surface area contributed by atoms with Crippen LogP contribution in [0.15, 0.2) is 65.2 Å². The molecule has 0 fully saturated rings. The molecule has 0 radical (unpaired) electrons. The number of thioether (sulfide) groups is 1. The summed E-state index contributed by atoms with van der Waals surface area (Å²) in [5.41, 5.74) is 11.2. The van der Waals surface area contributed by atoms with Crippen LogP contribution in [0, 0.1) is 6.92 Å². The van der Waals surface area contributed by atoms with Crippen LogP contribution in [0.3, 0.4) is 0 Å². The smallest absolute Gasteiger partial charge is 0.138 e. The van der Waals surface area contributed by atoms with Gasteiger partial charge in [0.05, 0.1) is 17.7 Å². The number of furan rings is 1. The summed E-state index contributed by atoms with van der Waals surface area (Å²) in [4.78, 5) is 4.46. The largest absolute Gasteiger partial charge is 0.493 e. The number of hydrogen-bond donors (Lipinski definition) is 1. The average Bonchev–Trinajstić information content (AvgIpc) is 3.14. The molecule has 0 bridgehead atoms. The molecule has 0 aliphatic heterocycles. The average molecular weight is 467 g/mol. The fraction of sp³-hybridized carbons (Fsp3) is 0.269. The Labute approximate surface area is 198 Å². The highest BCUT2D eigenvalue weighted by Crippen LogP contribution is 2.35. The number of pyridine rings is 1. The standard InChI is InChI=1S/C26H27ClN2O2S/c1-18-25(17-32-16-19-9-11-21(27)12-10-19)31-24-8-2-7-23(26(18)24)30-14-4-6-22-20(15-28)5-3-13-29-22/h2-3,5,7-13H,4,6,14-17,28H2,1H3. The molecule has 2 heterocycles. The minimum absolute atomic E-state index is 0.510. The number of fused-ring (bicyclic) bond motifs is 1. The molecule has 2 N–H and O–H groups in total. The van der Waals surface area contributed by atoms with E-state index in [9.17, 15) is 0 Å². The Morgan fingerprint density at radius 2 is 1.91 bits per heavy atom. The highest BCUT2D eigenvalue weighted by molar-refractivity contribution is 7.97. The number of nitrogens with two attached hydrogens (primary N) is 1. The second kappa shape index (κ2) is 10.9. The highest BCUT2D eigenvalue weighted by atomic mass is 35.5. The monoisotopic (exact) mass is 466 g/mol. The molecule has 6 heteroatoms. The van der Waals surface area contributed by atoms with E-state index in [2.05, 4.69) is 24.0 Å². The van der Waals surface area contributed by atoms with Crippen LogP contribution in [-0.4, -0.2) is 11.6 Å². The number of benzene rings is 2. The number of nitrogens with zero attached hydrogens (tertiary/aromatic N) is 1. The fourth-order valence-electron chi connectivity index (χ4n) is 3.72. The zero-order valence-electron chi connectivity index (χ0n) is 18.1. The fourth-order valence-corrected chi connectivity index (χ4v) is 4.84. The van der Waals surface area contributed by atoms with E-state index in [0.29, 0.717) is 13.2 Å². The van der Waals surface area contributed by atoms with Crippen LogP contribution in [0.4, 0.5) is 0 Å². The number of halogens is 1. The van der Waals surface area contributed by atoms with E-state index in [1.54, 1.807) is 0 Å². The van der Waals surface area contributed by atoms with Crippen LogP contribution >= 0.6 is 23.4 Å². The Balaban J connectivity index is 1.37. The Hall–Kier alpha value is -2.47. The van der Waals surface area contributed by atoms with Crippen LogP contribution in [0.5, 0.6) is 5.75 Å². The van der Waals surface area contributed by atoms with Gasteiger partial charge in [0, 0.05) is 34.8 Å². The maximum atomic E-state index is 6.16. The van der Waals surface area contributed by atoms with E-state index in [1.807, 2.05) is 60.4 Å². The molecule has 0 spiro atoms. The first kappa shape index (κ1) is 22.7. The van der Waals surface area contributed by atoms with Gasteiger partial charge in [-0.25, -0.2) is 0 Å². The van der Waals surface area contributed by atoms with Crippen molar-refractivity contribution >= 4 is 34.3 Å². The zero-order chi connectivity index (χ0) is 22.3. The normalized spacial score (nSPS) is 11.2. The summed E-state index contributed by atoms with van der Waals surface area (Å²) in [6.07, 6.45) is 3.54. The quantitative estimate of drug-likeness (QED) is 0.264. The molecule has 4 nitrogen and oxygen atoms in total. The highest BCUT2D eigenvalue weighted by Gasteiger charge is 2.15. The Kier molecular flexibility index (Phi) is 7.74. The number of aryl methyl sites for hydroxylation is 2. The predicted molar refractivity (Wildman–Crippen MR) is 133 cm³/mol. The van der Waals surface area contributed by atoms with Gasteiger partial charge in [-0.2, -0.15) is 0 Å². The summed E-state index contributed by atoms with van der Waals surface area (Å²) >= 11 is 7.80. The third kappa shape index (κ3) is 5.47. The van der Waals surface area contributed by atoms with Crippen molar-refractivity contribution in [3.63, 3.8) is 0 Å². The molecule has 2 aromatic carbocycles. The molecular formula is C26H27ClN2O2S. The van der Waals surface area contributed by atoms with Crippen molar-refractivity contribution in [2.75, 3.05) is 6.61 Å². The maximum Gasteiger partial charge on any atom is 0.138 e. The van der Waals surface area contributed by atoms with E-state index in [-0.39, 0.29) is 0 Å². The van der Waals surface area contributed by atoms with Gasteiger partial charge in [0.2, 0.25) is 0 Å². The lowest BCUT2D eigenvalue weighted by atomic mass is 10.1. The molecule has 4 aromatic rings. The maximum absolute atomic E-state index is 6.16. The van der Waals surface area contributed by atoms with Crippen LogP contribution < -0.4 is 10.5 Å². The van der Waals surface area contributed by atoms with Gasteiger partial charge in [-0.1, -0.05) is 35.9 Å². The number of rotatable bonds is 10. The van der Waals surface area contributed by atoms with Crippen LogP contribution in [0.25, 0.3) is 11.0 Å². The van der Waals surface area contributed by atoms with Gasteiger partial charge in [0.1, 0.15) is 17.1 Å². The molecule has 2 aromatic heterocycles. The van der Waals surface area contributed by atoms with Crippen molar-refractivity contribution in [2.45, 2.75) is 37.8 Å². The summed E-state index contributed by atoms with van der Waals surface area (Å²) < 4.78 is 12.3. The van der Waals surface area contributed by atoms with Crippen LogP contribution in [0.1, 0.15) is 34.6 Å². The molecule has 166 valence electrons. The summed E-state index contributed by atoms with van der Waals surface area (Å²) in [6, 6.07) is 17.9. The van der Waals surface area contributed by atoms with Gasteiger partial charge in [-0.05, 0) is 61.2 Å². The minimum Gasteiger partial charge on any atom is -0.493 e. The van der Waals surface area contributed by atoms with Crippen molar-refractivity contribution in [3.05, 3.63) is 94.0 Å². The molecule has 32 heavy (non-hydrogen) atoms. The molecule has 0 unspecified atom stereocenters. The molecule has 0 saturated carbocycles. The van der Waals surface area contributed by atoms with Gasteiger partial charge in [0.25, 0.3) is 0 Å². The van der Waals surface area contributed by atoms with Crippen molar-refractivity contribution in [3.8, 4) is 5.75 Å². The summed E-state index contributed by atoms with van der Waals surface area (Å²) in [5, 5.41) is 1.83. The minimum atomic E-state index is 0.510. The number of ether oxygens (including phenoxy) is 1. The zero-order valence-corrected chi connectivity index (χ0v) is 19.7. The van der Waals surface area contributed by atoms with E-state index in [1.165, 1.54) is 5.56 Å². The lowest BCUT2D eigenvalue weighted by Crippen LogP contribution is -2.06. The summed E-state index contributed by atoms with van der Waals surface area (Å²) in [5.74, 6) is 3.59. The van der Waals surface area contributed by atoms with Crippen molar-refractivity contribution in [1.29, 1.82) is 0 Å². The topological polar surface area (TPSA) is 61.3 Å². The molecule has 0 aliphatic rings. The third-order valence-electron chi connectivity index (χ3n) is 5.45. The van der Waals surface area contributed by atoms with Gasteiger partial charge >= 0.3 is 0 Å². The second-order valence-corrected chi connectivity index (χ2v) is 9.09. The van der Waals surface area contributed by atoms with E-state index < -0.39 is 0 Å². The molecule has 0 atom stereocenters.